The highest BCUT2D eigenvalue weighted by Crippen LogP contribution is 2.48. The molecule has 0 unspecified atom stereocenters. The van der Waals surface area contributed by atoms with Gasteiger partial charge in [0.15, 0.2) is 29.3 Å². The van der Waals surface area contributed by atoms with Gasteiger partial charge in [-0.15, -0.1) is 5.10 Å². The largest absolute Gasteiger partial charge is 0.451 e. The molecule has 39 heavy (non-hydrogen) atoms. The van der Waals surface area contributed by atoms with Gasteiger partial charge < -0.3 is 23.7 Å². The number of fused-ring (bicyclic) bond motifs is 1. The summed E-state index contributed by atoms with van der Waals surface area (Å²) in [6.07, 6.45) is 2.97. The molecule has 0 radical (unpaired) electrons. The summed E-state index contributed by atoms with van der Waals surface area (Å²) < 4.78 is 73.5. The summed E-state index contributed by atoms with van der Waals surface area (Å²) in [5.41, 5.74) is 0.266. The van der Waals surface area contributed by atoms with Crippen molar-refractivity contribution in [2.45, 2.75) is 62.6 Å². The summed E-state index contributed by atoms with van der Waals surface area (Å²) in [5, 5.41) is 8.29. The Morgan fingerprint density at radius 3 is 2.64 bits per heavy atom. The number of hydrogen-bond acceptors (Lipinski definition) is 9. The number of ether oxygens (including phenoxy) is 5. The monoisotopic (exact) mass is 546 g/mol. The minimum Gasteiger partial charge on any atom is -0.451 e. The van der Waals surface area contributed by atoms with E-state index in [1.54, 1.807) is 26.0 Å². The van der Waals surface area contributed by atoms with Crippen molar-refractivity contribution in [1.82, 2.24) is 20.0 Å². The van der Waals surface area contributed by atoms with Gasteiger partial charge in [-0.05, 0) is 44.5 Å². The average Bonchev–Trinajstić information content (AvgIpc) is 3.59. The molecule has 3 saturated heterocycles. The molecule has 0 aliphatic carbocycles. The van der Waals surface area contributed by atoms with E-state index < -0.39 is 59.3 Å². The van der Waals surface area contributed by atoms with Crippen molar-refractivity contribution in [3.8, 4) is 11.3 Å². The number of halogens is 3. The van der Waals surface area contributed by atoms with Crippen LogP contribution in [0.25, 0.3) is 11.3 Å². The van der Waals surface area contributed by atoms with Gasteiger partial charge in [0, 0.05) is 24.4 Å². The van der Waals surface area contributed by atoms with Gasteiger partial charge in [-0.3, -0.25) is 4.98 Å². The molecule has 1 aromatic carbocycles. The van der Waals surface area contributed by atoms with E-state index >= 15 is 0 Å². The van der Waals surface area contributed by atoms with E-state index in [1.807, 2.05) is 0 Å². The number of benzene rings is 1. The molecule has 0 bridgehead atoms. The van der Waals surface area contributed by atoms with E-state index in [9.17, 15) is 18.0 Å². The standard InChI is InChI=1S/C26H25F3N4O6/c1-25(2)36-13-19-22(39-25)21(33-12-18(31-32-33)15-9-16(27)20(29)17(28)10-15)23(26(38-19)6-4-8-35-26)37-24(34)14-5-3-7-30-11-14/h3,5,7,9-12,19,21-23H,4,6,8,13H2,1-2H3/t19-,21-,22+,23-,26-/m1/s1. The molecule has 0 saturated carbocycles. The first kappa shape index (κ1) is 25.9. The van der Waals surface area contributed by atoms with Gasteiger partial charge in [-0.25, -0.2) is 22.6 Å². The highest BCUT2D eigenvalue weighted by atomic mass is 19.2. The molecule has 0 amide bonds. The van der Waals surface area contributed by atoms with E-state index in [0.29, 0.717) is 19.4 Å². The highest BCUT2D eigenvalue weighted by Gasteiger charge is 2.62. The van der Waals surface area contributed by atoms with Gasteiger partial charge in [-0.2, -0.15) is 0 Å². The van der Waals surface area contributed by atoms with Crippen LogP contribution in [0.2, 0.25) is 0 Å². The topological polar surface area (TPSA) is 107 Å². The predicted molar refractivity (Wildman–Crippen MR) is 126 cm³/mol. The molecule has 3 fully saturated rings. The number of nitrogens with zero attached hydrogens (tertiary/aromatic N) is 4. The Morgan fingerprint density at radius 2 is 1.95 bits per heavy atom. The highest BCUT2D eigenvalue weighted by molar-refractivity contribution is 5.89. The van der Waals surface area contributed by atoms with Gasteiger partial charge >= 0.3 is 5.97 Å². The molecule has 3 aliphatic rings. The smallest absolute Gasteiger partial charge is 0.340 e. The fourth-order valence-corrected chi connectivity index (χ4v) is 5.29. The van der Waals surface area contributed by atoms with Crippen molar-refractivity contribution in [3.05, 3.63) is 65.9 Å². The molecule has 2 aromatic heterocycles. The van der Waals surface area contributed by atoms with Gasteiger partial charge in [0.2, 0.25) is 5.79 Å². The Bertz CT molecular complexity index is 1360. The van der Waals surface area contributed by atoms with Gasteiger partial charge in [-0.1, -0.05) is 5.21 Å². The summed E-state index contributed by atoms with van der Waals surface area (Å²) in [6.45, 7) is 4.02. The molecular weight excluding hydrogens is 521 g/mol. The molecule has 0 N–H and O–H groups in total. The number of hydrogen-bond donors (Lipinski definition) is 0. The molecule has 13 heteroatoms. The van der Waals surface area contributed by atoms with Crippen LogP contribution in [-0.4, -0.2) is 69.0 Å². The fraction of sp³-hybridized carbons (Fsp3) is 0.462. The Labute approximate surface area is 221 Å². The van der Waals surface area contributed by atoms with Crippen LogP contribution >= 0.6 is 0 Å². The molecule has 5 atom stereocenters. The number of carbonyl (C=O) groups is 1. The minimum atomic E-state index is -1.58. The fourth-order valence-electron chi connectivity index (χ4n) is 5.29. The quantitative estimate of drug-likeness (QED) is 0.359. The average molecular weight is 547 g/mol. The summed E-state index contributed by atoms with van der Waals surface area (Å²) >= 11 is 0. The predicted octanol–water partition coefficient (Wildman–Crippen LogP) is 3.58. The van der Waals surface area contributed by atoms with Gasteiger partial charge in [0.05, 0.1) is 25.0 Å². The van der Waals surface area contributed by atoms with Crippen LogP contribution in [0.3, 0.4) is 0 Å². The van der Waals surface area contributed by atoms with E-state index in [0.717, 1.165) is 12.1 Å². The molecule has 6 rings (SSSR count). The zero-order chi connectivity index (χ0) is 27.4. The van der Waals surface area contributed by atoms with Crippen LogP contribution < -0.4 is 0 Å². The molecule has 5 heterocycles. The van der Waals surface area contributed by atoms with Crippen molar-refractivity contribution < 1.29 is 41.7 Å². The Hall–Kier alpha value is -3.39. The van der Waals surface area contributed by atoms with Crippen molar-refractivity contribution in [3.63, 3.8) is 0 Å². The first-order chi connectivity index (χ1) is 18.7. The maximum atomic E-state index is 14.0. The number of aromatic nitrogens is 4. The third-order valence-electron chi connectivity index (χ3n) is 7.06. The maximum Gasteiger partial charge on any atom is 0.340 e. The van der Waals surface area contributed by atoms with E-state index in [-0.39, 0.29) is 23.4 Å². The van der Waals surface area contributed by atoms with Crippen LogP contribution in [0.1, 0.15) is 43.1 Å². The third kappa shape index (κ3) is 4.69. The lowest BCUT2D eigenvalue weighted by molar-refractivity contribution is -0.398. The maximum absolute atomic E-state index is 14.0. The van der Waals surface area contributed by atoms with Crippen LogP contribution in [0.5, 0.6) is 0 Å². The lowest BCUT2D eigenvalue weighted by Crippen LogP contribution is -2.67. The first-order valence-electron chi connectivity index (χ1n) is 12.5. The Morgan fingerprint density at radius 1 is 1.15 bits per heavy atom. The molecule has 206 valence electrons. The second-order valence-corrected chi connectivity index (χ2v) is 10.1. The third-order valence-corrected chi connectivity index (χ3v) is 7.06. The zero-order valence-electron chi connectivity index (χ0n) is 21.1. The number of esters is 1. The van der Waals surface area contributed by atoms with Crippen LogP contribution in [-0.2, 0) is 23.7 Å². The first-order valence-corrected chi connectivity index (χ1v) is 12.5. The van der Waals surface area contributed by atoms with Crippen molar-refractivity contribution in [2.75, 3.05) is 13.2 Å². The van der Waals surface area contributed by atoms with Gasteiger partial charge in [0.1, 0.15) is 23.9 Å². The summed E-state index contributed by atoms with van der Waals surface area (Å²) in [6, 6.07) is 3.99. The number of carbonyl (C=O) groups excluding carboxylic acids is 1. The summed E-state index contributed by atoms with van der Waals surface area (Å²) in [4.78, 5) is 17.2. The molecule has 3 aliphatic heterocycles. The lowest BCUT2D eigenvalue weighted by atomic mass is 9.87. The van der Waals surface area contributed by atoms with E-state index in [4.69, 9.17) is 23.7 Å². The normalized spacial score (nSPS) is 29.8. The SMILES string of the molecule is CC1(C)OC[C@H]2O[C@]3(CCCO3)[C@H](OC(=O)c3cccnc3)[C@H](n3cc(-c4cc(F)c(F)c(F)c4)nn3)[C@H]2O1. The molecular formula is C26H25F3N4O6. The Balaban J connectivity index is 1.44. The summed E-state index contributed by atoms with van der Waals surface area (Å²) in [7, 11) is 0. The van der Waals surface area contributed by atoms with Crippen LogP contribution in [0, 0.1) is 17.5 Å². The number of pyridine rings is 1. The molecule has 3 aromatic rings. The zero-order valence-corrected chi connectivity index (χ0v) is 21.1. The van der Waals surface area contributed by atoms with Gasteiger partial charge in [0.25, 0.3) is 0 Å². The van der Waals surface area contributed by atoms with Crippen molar-refractivity contribution in [2.24, 2.45) is 0 Å². The lowest BCUT2D eigenvalue weighted by Gasteiger charge is -2.53. The van der Waals surface area contributed by atoms with E-state index in [2.05, 4.69) is 15.3 Å². The summed E-state index contributed by atoms with van der Waals surface area (Å²) in [5.74, 6) is -7.31. The Kier molecular flexibility index (Phi) is 6.41. The minimum absolute atomic E-state index is 0.0229. The second-order valence-electron chi connectivity index (χ2n) is 10.1. The van der Waals surface area contributed by atoms with Crippen LogP contribution in [0.15, 0.2) is 42.9 Å². The second kappa shape index (κ2) is 9.66. The van der Waals surface area contributed by atoms with Crippen LogP contribution in [0.4, 0.5) is 13.2 Å². The van der Waals surface area contributed by atoms with E-state index in [1.165, 1.54) is 23.3 Å². The number of rotatable bonds is 4. The van der Waals surface area contributed by atoms with Crippen molar-refractivity contribution >= 4 is 5.97 Å². The molecule has 10 nitrogen and oxygen atoms in total. The van der Waals surface area contributed by atoms with Crippen molar-refractivity contribution in [1.29, 1.82) is 0 Å². The molecule has 1 spiro atoms.